The highest BCUT2D eigenvalue weighted by Gasteiger charge is 2.22. The second kappa shape index (κ2) is 5.96. The van der Waals surface area contributed by atoms with Crippen LogP contribution in [0.5, 0.6) is 0 Å². The summed E-state index contributed by atoms with van der Waals surface area (Å²) in [4.78, 5) is 4.34. The predicted octanol–water partition coefficient (Wildman–Crippen LogP) is 2.01. The quantitative estimate of drug-likeness (QED) is 0.804. The molecule has 1 aromatic rings. The molecule has 0 spiro atoms. The van der Waals surface area contributed by atoms with E-state index in [9.17, 15) is 0 Å². The predicted molar refractivity (Wildman–Crippen MR) is 61.0 cm³/mol. The smallest absolute Gasteiger partial charge is 0.231 e. The summed E-state index contributed by atoms with van der Waals surface area (Å²) in [5.41, 5.74) is 5.86. The lowest BCUT2D eigenvalue weighted by molar-refractivity contribution is 0.0683. The van der Waals surface area contributed by atoms with Gasteiger partial charge in [0.15, 0.2) is 5.82 Å². The molecule has 5 heteroatoms. The molecule has 92 valence electrons. The number of rotatable bonds is 6. The molecule has 3 atom stereocenters. The molecule has 0 radical (unpaired) electrons. The second-order valence-corrected chi connectivity index (χ2v) is 3.96. The molecular formula is C11H21N3O2. The van der Waals surface area contributed by atoms with E-state index in [1.54, 1.807) is 0 Å². The molecule has 0 saturated heterocycles. The molecule has 0 bridgehead atoms. The molecule has 1 heterocycles. The average molecular weight is 227 g/mol. The minimum Gasteiger partial charge on any atom is -0.371 e. The maximum Gasteiger partial charge on any atom is 0.231 e. The minimum absolute atomic E-state index is 0.0145. The van der Waals surface area contributed by atoms with Gasteiger partial charge in [0.25, 0.3) is 0 Å². The fourth-order valence-electron chi connectivity index (χ4n) is 1.66. The molecule has 16 heavy (non-hydrogen) atoms. The Hall–Kier alpha value is -0.940. The van der Waals surface area contributed by atoms with E-state index in [2.05, 4.69) is 17.1 Å². The van der Waals surface area contributed by atoms with E-state index in [4.69, 9.17) is 15.0 Å². The standard InChI is InChI=1S/C11H21N3O2/c1-5-9(7(3)12)11-13-10(14-16-11)8(4)15-6-2/h7-9H,5-6,12H2,1-4H3. The first-order valence-corrected chi connectivity index (χ1v) is 5.80. The third kappa shape index (κ3) is 3.02. The van der Waals surface area contributed by atoms with Gasteiger partial charge in [0.05, 0.1) is 5.92 Å². The summed E-state index contributed by atoms with van der Waals surface area (Å²) in [6, 6.07) is 0.0145. The molecule has 5 nitrogen and oxygen atoms in total. The van der Waals surface area contributed by atoms with Crippen molar-refractivity contribution in [2.24, 2.45) is 5.73 Å². The highest BCUT2D eigenvalue weighted by molar-refractivity contribution is 4.98. The summed E-state index contributed by atoms with van der Waals surface area (Å²) in [6.07, 6.45) is 0.760. The van der Waals surface area contributed by atoms with Gasteiger partial charge in [-0.3, -0.25) is 0 Å². The molecule has 0 aliphatic heterocycles. The molecule has 0 aliphatic rings. The lowest BCUT2D eigenvalue weighted by atomic mass is 9.99. The van der Waals surface area contributed by atoms with Crippen molar-refractivity contribution in [3.63, 3.8) is 0 Å². The summed E-state index contributed by atoms with van der Waals surface area (Å²) < 4.78 is 10.6. The van der Waals surface area contributed by atoms with Crippen LogP contribution in [0.25, 0.3) is 0 Å². The lowest BCUT2D eigenvalue weighted by Crippen LogP contribution is -2.24. The van der Waals surface area contributed by atoms with Crippen LogP contribution >= 0.6 is 0 Å². The van der Waals surface area contributed by atoms with Gasteiger partial charge < -0.3 is 15.0 Å². The first-order chi connectivity index (χ1) is 7.60. The highest BCUT2D eigenvalue weighted by atomic mass is 16.5. The summed E-state index contributed by atoms with van der Waals surface area (Å²) in [7, 11) is 0. The summed E-state index contributed by atoms with van der Waals surface area (Å²) in [5.74, 6) is 1.32. The van der Waals surface area contributed by atoms with Crippen LogP contribution in [0.2, 0.25) is 0 Å². The van der Waals surface area contributed by atoms with E-state index in [0.717, 1.165) is 6.42 Å². The normalized spacial score (nSPS) is 17.1. The largest absolute Gasteiger partial charge is 0.371 e. The van der Waals surface area contributed by atoms with Crippen molar-refractivity contribution < 1.29 is 9.26 Å². The molecule has 3 unspecified atom stereocenters. The Bertz CT molecular complexity index is 312. The van der Waals surface area contributed by atoms with E-state index in [1.165, 1.54) is 0 Å². The maximum atomic E-state index is 5.86. The Morgan fingerprint density at radius 3 is 2.56 bits per heavy atom. The number of hydrogen-bond donors (Lipinski definition) is 1. The van der Waals surface area contributed by atoms with Gasteiger partial charge in [-0.2, -0.15) is 4.98 Å². The van der Waals surface area contributed by atoms with Crippen molar-refractivity contribution >= 4 is 0 Å². The molecule has 0 amide bonds. The number of hydrogen-bond acceptors (Lipinski definition) is 5. The fourth-order valence-corrected chi connectivity index (χ4v) is 1.66. The lowest BCUT2D eigenvalue weighted by Gasteiger charge is -2.13. The van der Waals surface area contributed by atoms with Gasteiger partial charge in [-0.25, -0.2) is 0 Å². The van der Waals surface area contributed by atoms with Gasteiger partial charge in [0.1, 0.15) is 6.10 Å². The molecule has 0 saturated carbocycles. The number of nitrogens with two attached hydrogens (primary N) is 1. The fraction of sp³-hybridized carbons (Fsp3) is 0.818. The Balaban J connectivity index is 2.77. The Morgan fingerprint density at radius 1 is 1.38 bits per heavy atom. The highest BCUT2D eigenvalue weighted by Crippen LogP contribution is 2.22. The average Bonchev–Trinajstić information content (AvgIpc) is 2.68. The Morgan fingerprint density at radius 2 is 2.06 bits per heavy atom. The number of aromatic nitrogens is 2. The van der Waals surface area contributed by atoms with Crippen LogP contribution in [0.3, 0.4) is 0 Å². The van der Waals surface area contributed by atoms with Crippen molar-refractivity contribution in [1.29, 1.82) is 0 Å². The Labute approximate surface area is 96.4 Å². The molecular weight excluding hydrogens is 206 g/mol. The van der Waals surface area contributed by atoms with Crippen LogP contribution < -0.4 is 5.73 Å². The van der Waals surface area contributed by atoms with Crippen molar-refractivity contribution in [2.75, 3.05) is 6.61 Å². The SMILES string of the molecule is CCOC(C)c1noc(C(CC)C(C)N)n1. The number of nitrogens with zero attached hydrogens (tertiary/aromatic N) is 2. The van der Waals surface area contributed by atoms with Gasteiger partial charge in [0.2, 0.25) is 5.89 Å². The van der Waals surface area contributed by atoms with Gasteiger partial charge in [0, 0.05) is 12.6 Å². The Kier molecular flexibility index (Phi) is 4.89. The third-order valence-electron chi connectivity index (χ3n) is 2.63. The number of ether oxygens (including phenoxy) is 1. The van der Waals surface area contributed by atoms with Crippen molar-refractivity contribution in [3.05, 3.63) is 11.7 Å². The van der Waals surface area contributed by atoms with E-state index >= 15 is 0 Å². The van der Waals surface area contributed by atoms with Gasteiger partial charge in [-0.15, -0.1) is 0 Å². The molecule has 1 rings (SSSR count). The maximum absolute atomic E-state index is 5.86. The molecule has 0 aromatic carbocycles. The zero-order valence-corrected chi connectivity index (χ0v) is 10.4. The van der Waals surface area contributed by atoms with Gasteiger partial charge in [-0.1, -0.05) is 12.1 Å². The topological polar surface area (TPSA) is 74.2 Å². The van der Waals surface area contributed by atoms with Crippen LogP contribution in [0.4, 0.5) is 0 Å². The third-order valence-corrected chi connectivity index (χ3v) is 2.63. The molecule has 1 aromatic heterocycles. The summed E-state index contributed by atoms with van der Waals surface area (Å²) in [6.45, 7) is 8.49. The monoisotopic (exact) mass is 227 g/mol. The van der Waals surface area contributed by atoms with E-state index < -0.39 is 0 Å². The first-order valence-electron chi connectivity index (χ1n) is 5.80. The van der Waals surface area contributed by atoms with Crippen LogP contribution in [0.1, 0.15) is 57.9 Å². The van der Waals surface area contributed by atoms with Gasteiger partial charge in [-0.05, 0) is 27.2 Å². The summed E-state index contributed by atoms with van der Waals surface area (Å²) in [5, 5.41) is 3.92. The molecule has 0 aliphatic carbocycles. The van der Waals surface area contributed by atoms with Crippen molar-refractivity contribution in [3.8, 4) is 0 Å². The zero-order valence-electron chi connectivity index (χ0n) is 10.4. The van der Waals surface area contributed by atoms with Crippen molar-refractivity contribution in [1.82, 2.24) is 10.1 Å². The summed E-state index contributed by atoms with van der Waals surface area (Å²) >= 11 is 0. The second-order valence-electron chi connectivity index (χ2n) is 3.96. The van der Waals surface area contributed by atoms with Crippen molar-refractivity contribution in [2.45, 2.75) is 52.2 Å². The minimum atomic E-state index is -0.131. The van der Waals surface area contributed by atoms with Crippen LogP contribution in [0.15, 0.2) is 4.52 Å². The van der Waals surface area contributed by atoms with Gasteiger partial charge >= 0.3 is 0 Å². The van der Waals surface area contributed by atoms with E-state index in [1.807, 2.05) is 20.8 Å². The van der Waals surface area contributed by atoms with E-state index in [0.29, 0.717) is 18.3 Å². The molecule has 0 fully saturated rings. The van der Waals surface area contributed by atoms with Crippen LogP contribution in [-0.4, -0.2) is 22.8 Å². The zero-order chi connectivity index (χ0) is 12.1. The van der Waals surface area contributed by atoms with E-state index in [-0.39, 0.29) is 18.1 Å². The van der Waals surface area contributed by atoms with Crippen LogP contribution in [0, 0.1) is 0 Å². The molecule has 2 N–H and O–H groups in total. The van der Waals surface area contributed by atoms with Crippen LogP contribution in [-0.2, 0) is 4.74 Å². The first kappa shape index (κ1) is 13.1.